The SMILES string of the molecule is CCOc1ccc(C(=O)CCC(=O)NCCc2cccc3ccccc23)cc1. The number of carbonyl (C=O) groups is 2. The van der Waals surface area contributed by atoms with Gasteiger partial charge in [-0.25, -0.2) is 0 Å². The highest BCUT2D eigenvalue weighted by Gasteiger charge is 2.10. The van der Waals surface area contributed by atoms with E-state index in [2.05, 4.69) is 29.6 Å². The molecule has 0 radical (unpaired) electrons. The molecule has 4 heteroatoms. The third-order valence-corrected chi connectivity index (χ3v) is 4.66. The van der Waals surface area contributed by atoms with Gasteiger partial charge in [-0.05, 0) is 53.9 Å². The Labute approximate surface area is 165 Å². The first-order valence-electron chi connectivity index (χ1n) is 9.67. The Kier molecular flexibility index (Phi) is 6.79. The zero-order valence-corrected chi connectivity index (χ0v) is 16.1. The monoisotopic (exact) mass is 375 g/mol. The van der Waals surface area contributed by atoms with Crippen LogP contribution >= 0.6 is 0 Å². The van der Waals surface area contributed by atoms with Gasteiger partial charge in [0.1, 0.15) is 5.75 Å². The minimum absolute atomic E-state index is 0.0350. The van der Waals surface area contributed by atoms with Gasteiger partial charge in [0.05, 0.1) is 6.61 Å². The van der Waals surface area contributed by atoms with Crippen LogP contribution in [0.2, 0.25) is 0 Å². The van der Waals surface area contributed by atoms with Crippen molar-refractivity contribution in [1.82, 2.24) is 5.32 Å². The fourth-order valence-electron chi connectivity index (χ4n) is 3.21. The highest BCUT2D eigenvalue weighted by Crippen LogP contribution is 2.18. The Morgan fingerprint density at radius 2 is 1.64 bits per heavy atom. The molecule has 0 bridgehead atoms. The van der Waals surface area contributed by atoms with Gasteiger partial charge in [-0.15, -0.1) is 0 Å². The van der Waals surface area contributed by atoms with E-state index < -0.39 is 0 Å². The molecule has 0 saturated heterocycles. The summed E-state index contributed by atoms with van der Waals surface area (Å²) in [6.45, 7) is 3.06. The first-order valence-corrected chi connectivity index (χ1v) is 9.67. The summed E-state index contributed by atoms with van der Waals surface area (Å²) in [6.07, 6.45) is 1.16. The number of Topliss-reactive ketones (excluding diaryl/α,β-unsaturated/α-hetero) is 1. The molecule has 4 nitrogen and oxygen atoms in total. The van der Waals surface area contributed by atoms with Crippen LogP contribution in [0, 0.1) is 0 Å². The van der Waals surface area contributed by atoms with Gasteiger partial charge in [-0.3, -0.25) is 9.59 Å². The van der Waals surface area contributed by atoms with Gasteiger partial charge in [0.15, 0.2) is 5.78 Å². The van der Waals surface area contributed by atoms with E-state index in [4.69, 9.17) is 4.74 Å². The fraction of sp³-hybridized carbons (Fsp3) is 0.250. The number of fused-ring (bicyclic) bond motifs is 1. The number of carbonyl (C=O) groups excluding carboxylic acids is 2. The zero-order chi connectivity index (χ0) is 19.8. The van der Waals surface area contributed by atoms with Crippen molar-refractivity contribution in [2.75, 3.05) is 13.2 Å². The zero-order valence-electron chi connectivity index (χ0n) is 16.1. The number of benzene rings is 3. The van der Waals surface area contributed by atoms with Crippen molar-refractivity contribution < 1.29 is 14.3 Å². The summed E-state index contributed by atoms with van der Waals surface area (Å²) in [5.74, 6) is 0.608. The van der Waals surface area contributed by atoms with Crippen LogP contribution in [-0.2, 0) is 11.2 Å². The third-order valence-electron chi connectivity index (χ3n) is 4.66. The minimum Gasteiger partial charge on any atom is -0.494 e. The summed E-state index contributed by atoms with van der Waals surface area (Å²) < 4.78 is 5.37. The predicted octanol–water partition coefficient (Wildman–Crippen LogP) is 4.56. The number of nitrogens with one attached hydrogen (secondary N) is 1. The number of rotatable bonds is 9. The van der Waals surface area contributed by atoms with Crippen molar-refractivity contribution in [3.05, 3.63) is 77.9 Å². The Morgan fingerprint density at radius 3 is 2.43 bits per heavy atom. The average Bonchev–Trinajstić information content (AvgIpc) is 2.73. The normalized spacial score (nSPS) is 10.6. The standard InChI is InChI=1S/C24H25NO3/c1-2-28-21-12-10-20(11-13-21)23(26)14-15-24(27)25-17-16-19-8-5-7-18-6-3-4-9-22(18)19/h3-13H,2,14-17H2,1H3,(H,25,27). The molecule has 3 aromatic carbocycles. The van der Waals surface area contributed by atoms with Gasteiger partial charge >= 0.3 is 0 Å². The van der Waals surface area contributed by atoms with Crippen molar-refractivity contribution in [2.24, 2.45) is 0 Å². The van der Waals surface area contributed by atoms with E-state index in [9.17, 15) is 9.59 Å². The molecule has 0 unspecified atom stereocenters. The topological polar surface area (TPSA) is 55.4 Å². The third kappa shape index (κ3) is 5.19. The second kappa shape index (κ2) is 9.70. The lowest BCUT2D eigenvalue weighted by molar-refractivity contribution is -0.121. The summed E-state index contributed by atoms with van der Waals surface area (Å²) in [7, 11) is 0. The highest BCUT2D eigenvalue weighted by atomic mass is 16.5. The molecule has 144 valence electrons. The Morgan fingerprint density at radius 1 is 0.893 bits per heavy atom. The second-order valence-corrected chi connectivity index (χ2v) is 6.62. The maximum Gasteiger partial charge on any atom is 0.220 e. The Balaban J connectivity index is 1.44. The molecule has 0 heterocycles. The molecule has 0 saturated carbocycles. The van der Waals surface area contributed by atoms with Crippen LogP contribution in [0.5, 0.6) is 5.75 Å². The number of amides is 1. The quantitative estimate of drug-likeness (QED) is 0.558. The van der Waals surface area contributed by atoms with Gasteiger partial charge in [0, 0.05) is 24.9 Å². The van der Waals surface area contributed by atoms with Crippen molar-refractivity contribution in [2.45, 2.75) is 26.2 Å². The molecule has 0 aromatic heterocycles. The average molecular weight is 375 g/mol. The van der Waals surface area contributed by atoms with E-state index in [1.807, 2.05) is 25.1 Å². The highest BCUT2D eigenvalue weighted by molar-refractivity contribution is 5.98. The minimum atomic E-state index is -0.0977. The number of ether oxygens (including phenoxy) is 1. The van der Waals surface area contributed by atoms with Gasteiger partial charge in [-0.2, -0.15) is 0 Å². The molecule has 0 spiro atoms. The first kappa shape index (κ1) is 19.6. The van der Waals surface area contributed by atoms with Crippen molar-refractivity contribution >= 4 is 22.5 Å². The molecule has 3 aromatic rings. The Hall–Kier alpha value is -3.14. The van der Waals surface area contributed by atoms with Gasteiger partial charge < -0.3 is 10.1 Å². The molecule has 0 atom stereocenters. The van der Waals surface area contributed by atoms with E-state index >= 15 is 0 Å². The van der Waals surface area contributed by atoms with Crippen LogP contribution in [-0.4, -0.2) is 24.8 Å². The predicted molar refractivity (Wildman–Crippen MR) is 112 cm³/mol. The molecule has 0 aliphatic carbocycles. The van der Waals surface area contributed by atoms with Crippen molar-refractivity contribution in [3.63, 3.8) is 0 Å². The molecule has 0 fully saturated rings. The van der Waals surface area contributed by atoms with Crippen LogP contribution < -0.4 is 10.1 Å². The Bertz CT molecular complexity index is 942. The molecular weight excluding hydrogens is 350 g/mol. The van der Waals surface area contributed by atoms with Gasteiger partial charge in [0.25, 0.3) is 0 Å². The maximum atomic E-state index is 12.2. The number of ketones is 1. The summed E-state index contributed by atoms with van der Waals surface area (Å²) >= 11 is 0. The van der Waals surface area contributed by atoms with Crippen LogP contribution in [0.3, 0.4) is 0 Å². The van der Waals surface area contributed by atoms with Gasteiger partial charge in [-0.1, -0.05) is 42.5 Å². The first-order chi connectivity index (χ1) is 13.7. The van der Waals surface area contributed by atoms with E-state index in [1.165, 1.54) is 16.3 Å². The fourth-order valence-corrected chi connectivity index (χ4v) is 3.21. The second-order valence-electron chi connectivity index (χ2n) is 6.62. The van der Waals surface area contributed by atoms with E-state index in [1.54, 1.807) is 24.3 Å². The summed E-state index contributed by atoms with van der Waals surface area (Å²) in [6, 6.07) is 21.5. The van der Waals surface area contributed by atoms with Crippen LogP contribution in [0.15, 0.2) is 66.7 Å². The largest absolute Gasteiger partial charge is 0.494 e. The molecule has 28 heavy (non-hydrogen) atoms. The molecule has 0 aliphatic rings. The van der Waals surface area contributed by atoms with Crippen molar-refractivity contribution in [3.8, 4) is 5.75 Å². The van der Waals surface area contributed by atoms with Crippen molar-refractivity contribution in [1.29, 1.82) is 0 Å². The smallest absolute Gasteiger partial charge is 0.220 e. The number of hydrogen-bond acceptors (Lipinski definition) is 3. The number of hydrogen-bond donors (Lipinski definition) is 1. The van der Waals surface area contributed by atoms with Crippen LogP contribution in [0.4, 0.5) is 0 Å². The summed E-state index contributed by atoms with van der Waals surface area (Å²) in [4.78, 5) is 24.3. The van der Waals surface area contributed by atoms with Crippen LogP contribution in [0.25, 0.3) is 10.8 Å². The van der Waals surface area contributed by atoms with Crippen LogP contribution in [0.1, 0.15) is 35.7 Å². The van der Waals surface area contributed by atoms with E-state index in [-0.39, 0.29) is 24.5 Å². The molecule has 1 N–H and O–H groups in total. The molecule has 3 rings (SSSR count). The molecular formula is C24H25NO3. The molecule has 1 amide bonds. The summed E-state index contributed by atoms with van der Waals surface area (Å²) in [5, 5.41) is 5.33. The van der Waals surface area contributed by atoms with Gasteiger partial charge in [0.2, 0.25) is 5.91 Å². The lowest BCUT2D eigenvalue weighted by Gasteiger charge is -2.08. The van der Waals surface area contributed by atoms with E-state index in [0.29, 0.717) is 18.7 Å². The lowest BCUT2D eigenvalue weighted by Crippen LogP contribution is -2.26. The lowest BCUT2D eigenvalue weighted by atomic mass is 10.0. The maximum absolute atomic E-state index is 12.2. The summed E-state index contributed by atoms with van der Waals surface area (Å²) in [5.41, 5.74) is 1.82. The molecule has 0 aliphatic heterocycles. The van der Waals surface area contributed by atoms with E-state index in [0.717, 1.165) is 12.2 Å².